The van der Waals surface area contributed by atoms with E-state index in [2.05, 4.69) is 4.98 Å². The van der Waals surface area contributed by atoms with E-state index in [1.807, 2.05) is 0 Å². The van der Waals surface area contributed by atoms with Gasteiger partial charge in [-0.05, 0) is 5.56 Å². The van der Waals surface area contributed by atoms with Gasteiger partial charge in [0.05, 0.1) is 5.02 Å². The highest BCUT2D eigenvalue weighted by Crippen LogP contribution is 2.13. The molecule has 1 aromatic rings. The first-order valence-corrected chi connectivity index (χ1v) is 3.58. The molecule has 10 heavy (non-hydrogen) atoms. The van der Waals surface area contributed by atoms with Gasteiger partial charge in [0.1, 0.15) is 0 Å². The fourth-order valence-corrected chi connectivity index (χ4v) is 1.06. The zero-order valence-electron chi connectivity index (χ0n) is 5.03. The van der Waals surface area contributed by atoms with E-state index >= 15 is 0 Å². The van der Waals surface area contributed by atoms with Crippen molar-refractivity contribution in [3.8, 4) is 0 Å². The second-order valence-electron chi connectivity index (χ2n) is 1.80. The van der Waals surface area contributed by atoms with Gasteiger partial charge in [-0.25, -0.2) is 0 Å². The summed E-state index contributed by atoms with van der Waals surface area (Å²) in [5.41, 5.74) is 0.479. The maximum atomic E-state index is 10.6. The molecule has 0 aliphatic rings. The average Bonchev–Trinajstić information content (AvgIpc) is 1.94. The molecule has 0 saturated carbocycles. The van der Waals surface area contributed by atoms with Gasteiger partial charge in [0, 0.05) is 18.1 Å². The van der Waals surface area contributed by atoms with Crippen molar-refractivity contribution < 1.29 is 0 Å². The van der Waals surface area contributed by atoms with Crippen LogP contribution in [0.2, 0.25) is 5.02 Å². The molecule has 0 amide bonds. The minimum absolute atomic E-state index is 0.181. The molecule has 0 bridgehead atoms. The molecule has 0 aliphatic carbocycles. The zero-order valence-corrected chi connectivity index (χ0v) is 6.54. The Morgan fingerprint density at radius 3 is 2.80 bits per heavy atom. The number of halogens is 2. The maximum absolute atomic E-state index is 10.6. The summed E-state index contributed by atoms with van der Waals surface area (Å²) in [4.78, 5) is 13.1. The summed E-state index contributed by atoms with van der Waals surface area (Å²) >= 11 is 11.1. The van der Waals surface area contributed by atoms with Crippen LogP contribution in [0, 0.1) is 0 Å². The van der Waals surface area contributed by atoms with Gasteiger partial charge in [0.2, 0.25) is 5.56 Å². The number of pyridine rings is 1. The topological polar surface area (TPSA) is 32.9 Å². The Hall–Kier alpha value is -0.470. The first-order chi connectivity index (χ1) is 4.74. The molecule has 1 N–H and O–H groups in total. The van der Waals surface area contributed by atoms with Crippen molar-refractivity contribution in [2.24, 2.45) is 0 Å². The summed E-state index contributed by atoms with van der Waals surface area (Å²) in [6.07, 6.45) is 1.43. The minimum atomic E-state index is -0.181. The van der Waals surface area contributed by atoms with Crippen LogP contribution in [-0.2, 0) is 5.88 Å². The highest BCUT2D eigenvalue weighted by molar-refractivity contribution is 6.32. The summed E-state index contributed by atoms with van der Waals surface area (Å²) in [7, 11) is 0. The lowest BCUT2D eigenvalue weighted by atomic mass is 10.3. The summed E-state index contributed by atoms with van der Waals surface area (Å²) in [5.74, 6) is 0.267. The van der Waals surface area contributed by atoms with Crippen molar-refractivity contribution >= 4 is 23.2 Å². The van der Waals surface area contributed by atoms with E-state index in [-0.39, 0.29) is 11.4 Å². The summed E-state index contributed by atoms with van der Waals surface area (Å²) < 4.78 is 0. The quantitative estimate of drug-likeness (QED) is 0.653. The van der Waals surface area contributed by atoms with Crippen molar-refractivity contribution in [2.45, 2.75) is 5.88 Å². The number of hydrogen-bond acceptors (Lipinski definition) is 1. The maximum Gasteiger partial charge on any atom is 0.248 e. The number of aromatic nitrogens is 1. The van der Waals surface area contributed by atoms with Crippen LogP contribution in [0.15, 0.2) is 17.1 Å². The Balaban J connectivity index is 3.22. The molecule has 1 heterocycles. The Bertz CT molecular complexity index is 281. The molecule has 0 saturated heterocycles. The molecule has 0 atom stereocenters. The third kappa shape index (κ3) is 1.52. The van der Waals surface area contributed by atoms with Gasteiger partial charge in [-0.3, -0.25) is 4.79 Å². The second kappa shape index (κ2) is 3.08. The Kier molecular flexibility index (Phi) is 2.35. The van der Waals surface area contributed by atoms with Crippen LogP contribution in [0.4, 0.5) is 0 Å². The average molecular weight is 178 g/mol. The zero-order chi connectivity index (χ0) is 7.56. The molecule has 0 fully saturated rings. The van der Waals surface area contributed by atoms with E-state index in [9.17, 15) is 4.79 Å². The first-order valence-electron chi connectivity index (χ1n) is 2.67. The van der Waals surface area contributed by atoms with Crippen LogP contribution >= 0.6 is 23.2 Å². The van der Waals surface area contributed by atoms with E-state index in [0.29, 0.717) is 10.6 Å². The standard InChI is InChI=1S/C6H5Cl2NO/c7-2-4-1-6(10)9-3-5(4)8/h1,3H,2H2,(H,9,10). The van der Waals surface area contributed by atoms with Gasteiger partial charge in [-0.1, -0.05) is 11.6 Å². The van der Waals surface area contributed by atoms with Gasteiger partial charge < -0.3 is 4.98 Å². The molecule has 2 nitrogen and oxygen atoms in total. The molecule has 54 valence electrons. The van der Waals surface area contributed by atoms with Crippen LogP contribution in [0.1, 0.15) is 5.56 Å². The Morgan fingerprint density at radius 1 is 1.60 bits per heavy atom. The van der Waals surface area contributed by atoms with E-state index in [1.54, 1.807) is 0 Å². The fourth-order valence-electron chi connectivity index (χ4n) is 0.598. The number of hydrogen-bond donors (Lipinski definition) is 1. The predicted molar refractivity (Wildman–Crippen MR) is 41.6 cm³/mol. The third-order valence-corrected chi connectivity index (χ3v) is 1.74. The molecule has 1 aromatic heterocycles. The second-order valence-corrected chi connectivity index (χ2v) is 2.48. The largest absolute Gasteiger partial charge is 0.328 e. The third-order valence-electron chi connectivity index (χ3n) is 1.10. The molecule has 0 radical (unpaired) electrons. The van der Waals surface area contributed by atoms with Crippen LogP contribution in [-0.4, -0.2) is 4.98 Å². The predicted octanol–water partition coefficient (Wildman–Crippen LogP) is 1.77. The van der Waals surface area contributed by atoms with Gasteiger partial charge in [0.15, 0.2) is 0 Å². The first kappa shape index (κ1) is 7.63. The Labute approximate surface area is 67.8 Å². The van der Waals surface area contributed by atoms with Crippen molar-refractivity contribution in [1.82, 2.24) is 4.98 Å². The number of aromatic amines is 1. The monoisotopic (exact) mass is 177 g/mol. The van der Waals surface area contributed by atoms with Gasteiger partial charge in [0.25, 0.3) is 0 Å². The van der Waals surface area contributed by atoms with E-state index in [0.717, 1.165) is 0 Å². The van der Waals surface area contributed by atoms with E-state index < -0.39 is 0 Å². The normalized spacial score (nSPS) is 9.80. The number of nitrogens with one attached hydrogen (secondary N) is 1. The lowest BCUT2D eigenvalue weighted by Gasteiger charge is -1.94. The highest BCUT2D eigenvalue weighted by Gasteiger charge is 1.97. The fraction of sp³-hybridized carbons (Fsp3) is 0.167. The molecule has 0 aromatic carbocycles. The van der Waals surface area contributed by atoms with E-state index in [4.69, 9.17) is 23.2 Å². The lowest BCUT2D eigenvalue weighted by molar-refractivity contribution is 1.20. The van der Waals surface area contributed by atoms with Gasteiger partial charge in [-0.2, -0.15) is 0 Å². The molecular weight excluding hydrogens is 173 g/mol. The molecular formula is C6H5Cl2NO. The van der Waals surface area contributed by atoms with E-state index in [1.165, 1.54) is 12.3 Å². The molecule has 0 unspecified atom stereocenters. The van der Waals surface area contributed by atoms with Crippen LogP contribution in [0.5, 0.6) is 0 Å². The Morgan fingerprint density at radius 2 is 2.30 bits per heavy atom. The molecule has 0 aliphatic heterocycles. The summed E-state index contributed by atoms with van der Waals surface area (Å²) in [6.45, 7) is 0. The van der Waals surface area contributed by atoms with Crippen molar-refractivity contribution in [3.05, 3.63) is 33.2 Å². The van der Waals surface area contributed by atoms with Gasteiger partial charge in [-0.15, -0.1) is 11.6 Å². The number of rotatable bonds is 1. The van der Waals surface area contributed by atoms with Crippen molar-refractivity contribution in [1.29, 1.82) is 0 Å². The molecule has 0 spiro atoms. The van der Waals surface area contributed by atoms with Crippen LogP contribution in [0.25, 0.3) is 0 Å². The molecule has 4 heteroatoms. The molecule has 1 rings (SSSR count). The SMILES string of the molecule is O=c1cc(CCl)c(Cl)c[nH]1. The smallest absolute Gasteiger partial charge is 0.248 e. The summed E-state index contributed by atoms with van der Waals surface area (Å²) in [6, 6.07) is 1.38. The number of alkyl halides is 1. The minimum Gasteiger partial charge on any atom is -0.328 e. The van der Waals surface area contributed by atoms with Crippen LogP contribution in [0.3, 0.4) is 0 Å². The number of H-pyrrole nitrogens is 1. The van der Waals surface area contributed by atoms with Crippen molar-refractivity contribution in [3.63, 3.8) is 0 Å². The summed E-state index contributed by atoms with van der Waals surface area (Å²) in [5, 5.41) is 0.495. The highest BCUT2D eigenvalue weighted by atomic mass is 35.5. The van der Waals surface area contributed by atoms with Crippen LogP contribution < -0.4 is 5.56 Å². The van der Waals surface area contributed by atoms with Crippen molar-refractivity contribution in [2.75, 3.05) is 0 Å². The lowest BCUT2D eigenvalue weighted by Crippen LogP contribution is -2.03. The van der Waals surface area contributed by atoms with Gasteiger partial charge >= 0.3 is 0 Å².